The molecule has 0 unspecified atom stereocenters. The summed E-state index contributed by atoms with van der Waals surface area (Å²) in [4.78, 5) is 3.67. The highest BCUT2D eigenvalue weighted by atomic mass is 32.2. The Kier molecular flexibility index (Phi) is 9.49. The first-order valence-electron chi connectivity index (χ1n) is 20.2. The summed E-state index contributed by atoms with van der Waals surface area (Å²) in [7, 11) is 0. The molecule has 2 heteroatoms. The lowest BCUT2D eigenvalue weighted by atomic mass is 9.67. The molecule has 0 radical (unpaired) electrons. The van der Waals surface area contributed by atoms with Crippen LogP contribution >= 0.6 is 11.8 Å². The summed E-state index contributed by atoms with van der Waals surface area (Å²) in [5, 5.41) is 0. The highest BCUT2D eigenvalue weighted by Crippen LogP contribution is 2.56. The second kappa shape index (κ2) is 15.4. The minimum Gasteiger partial charge on any atom is -0.311 e. The van der Waals surface area contributed by atoms with Crippen molar-refractivity contribution in [1.29, 1.82) is 0 Å². The van der Waals surface area contributed by atoms with E-state index in [0.717, 1.165) is 29.9 Å². The smallest absolute Gasteiger partial charge is 0.0713 e. The molecule has 0 saturated heterocycles. The normalized spacial score (nSPS) is 13.7. The van der Waals surface area contributed by atoms with Gasteiger partial charge in [0, 0.05) is 22.0 Å². The average molecular weight is 762 g/mol. The molecule has 58 heavy (non-hydrogen) atoms. The van der Waals surface area contributed by atoms with Crippen molar-refractivity contribution in [3.63, 3.8) is 0 Å². The van der Waals surface area contributed by atoms with Gasteiger partial charge in [0.05, 0.1) is 5.41 Å². The number of hydrogen-bond acceptors (Lipinski definition) is 2. The standard InChI is InChI=1S/C56H43NS/c1-58-55-23-13-10-18-50(55)44-24-30-45(31-25-44)56(53-21-11-8-19-51(53)52-20-9-12-22-54(52)56)46-32-38-49(39-33-46)57(47-34-26-42(27-35-47)40-14-4-2-5-15-40)48-36-28-43(29-37-48)41-16-6-3-7-17-41/h2-6,8-16,18-39H,7,17H2,1H3. The van der Waals surface area contributed by atoms with Crippen LogP contribution < -0.4 is 4.90 Å². The van der Waals surface area contributed by atoms with Gasteiger partial charge in [0.15, 0.2) is 0 Å². The molecule has 0 N–H and O–H groups in total. The lowest BCUT2D eigenvalue weighted by molar-refractivity contribution is 0.768. The van der Waals surface area contributed by atoms with Gasteiger partial charge in [-0.15, -0.1) is 11.8 Å². The van der Waals surface area contributed by atoms with Crippen molar-refractivity contribution < 1.29 is 0 Å². The second-order valence-electron chi connectivity index (χ2n) is 15.1. The van der Waals surface area contributed by atoms with E-state index in [0.29, 0.717) is 0 Å². The van der Waals surface area contributed by atoms with Crippen molar-refractivity contribution in [3.8, 4) is 33.4 Å². The Bertz CT molecular complexity index is 2730. The highest BCUT2D eigenvalue weighted by Gasteiger charge is 2.46. The average Bonchev–Trinajstić information content (AvgIpc) is 3.61. The van der Waals surface area contributed by atoms with Gasteiger partial charge < -0.3 is 4.90 Å². The molecule has 0 aliphatic heterocycles. The fraction of sp³-hybridized carbons (Fsp3) is 0.0714. The zero-order valence-corrected chi connectivity index (χ0v) is 33.4. The number of rotatable bonds is 9. The van der Waals surface area contributed by atoms with E-state index in [1.807, 2.05) is 0 Å². The Hall–Kier alpha value is -6.61. The van der Waals surface area contributed by atoms with E-state index < -0.39 is 5.41 Å². The molecule has 0 bridgehead atoms. The van der Waals surface area contributed by atoms with Crippen LogP contribution in [0.15, 0.2) is 223 Å². The third kappa shape index (κ3) is 6.22. The maximum Gasteiger partial charge on any atom is 0.0713 e. The molecule has 0 aromatic heterocycles. The molecule has 8 aromatic carbocycles. The Morgan fingerprint density at radius 1 is 0.431 bits per heavy atom. The third-order valence-electron chi connectivity index (χ3n) is 12.0. The SMILES string of the molecule is CSc1ccccc1-c1ccc(C2(c3ccc(N(c4ccc(C5=CC=CCC5)cc4)c4ccc(-c5ccccc5)cc4)cc3)c3ccccc3-c3ccccc32)cc1. The lowest BCUT2D eigenvalue weighted by Crippen LogP contribution is -2.28. The van der Waals surface area contributed by atoms with Crippen LogP contribution in [0, 0.1) is 0 Å². The monoisotopic (exact) mass is 761 g/mol. The molecule has 0 fully saturated rings. The van der Waals surface area contributed by atoms with E-state index in [2.05, 4.69) is 230 Å². The number of allylic oxidation sites excluding steroid dienone is 4. The predicted octanol–water partition coefficient (Wildman–Crippen LogP) is 15.3. The molecule has 2 aliphatic carbocycles. The van der Waals surface area contributed by atoms with Gasteiger partial charge in [-0.25, -0.2) is 0 Å². The summed E-state index contributed by atoms with van der Waals surface area (Å²) < 4.78 is 0. The summed E-state index contributed by atoms with van der Waals surface area (Å²) in [6.45, 7) is 0. The van der Waals surface area contributed by atoms with Crippen molar-refractivity contribution in [2.24, 2.45) is 0 Å². The number of hydrogen-bond donors (Lipinski definition) is 0. The molecule has 0 heterocycles. The van der Waals surface area contributed by atoms with Gasteiger partial charge in [-0.2, -0.15) is 0 Å². The van der Waals surface area contributed by atoms with E-state index >= 15 is 0 Å². The first-order valence-corrected chi connectivity index (χ1v) is 21.4. The van der Waals surface area contributed by atoms with Crippen LogP contribution in [-0.2, 0) is 5.41 Å². The Labute approximate surface area is 346 Å². The molecule has 0 atom stereocenters. The molecule has 8 aromatic rings. The van der Waals surface area contributed by atoms with Gasteiger partial charge in [-0.1, -0.05) is 176 Å². The van der Waals surface area contributed by atoms with Gasteiger partial charge >= 0.3 is 0 Å². The molecule has 278 valence electrons. The van der Waals surface area contributed by atoms with Crippen molar-refractivity contribution in [2.75, 3.05) is 11.2 Å². The lowest BCUT2D eigenvalue weighted by Gasteiger charge is -2.34. The number of fused-ring (bicyclic) bond motifs is 3. The van der Waals surface area contributed by atoms with Crippen LogP contribution in [0.25, 0.3) is 39.0 Å². The molecule has 1 nitrogen and oxygen atoms in total. The molecule has 0 saturated carbocycles. The number of nitrogens with zero attached hydrogens (tertiary/aromatic N) is 1. The largest absolute Gasteiger partial charge is 0.311 e. The van der Waals surface area contributed by atoms with E-state index in [4.69, 9.17) is 0 Å². The Morgan fingerprint density at radius 3 is 1.47 bits per heavy atom. The van der Waals surface area contributed by atoms with Crippen molar-refractivity contribution in [2.45, 2.75) is 23.2 Å². The second-order valence-corrected chi connectivity index (χ2v) is 16.0. The Morgan fingerprint density at radius 2 is 0.897 bits per heavy atom. The topological polar surface area (TPSA) is 3.24 Å². The van der Waals surface area contributed by atoms with Gasteiger partial charge in [0.2, 0.25) is 0 Å². The maximum absolute atomic E-state index is 2.39. The quantitative estimate of drug-likeness (QED) is 0.135. The van der Waals surface area contributed by atoms with E-state index in [9.17, 15) is 0 Å². The van der Waals surface area contributed by atoms with E-state index in [-0.39, 0.29) is 0 Å². The molecular formula is C56H43NS. The zero-order chi connectivity index (χ0) is 38.9. The maximum atomic E-state index is 2.39. The third-order valence-corrected chi connectivity index (χ3v) is 12.8. The van der Waals surface area contributed by atoms with Gasteiger partial charge in [0.25, 0.3) is 0 Å². The Balaban J connectivity index is 1.11. The predicted molar refractivity (Wildman–Crippen MR) is 247 cm³/mol. The highest BCUT2D eigenvalue weighted by molar-refractivity contribution is 7.98. The molecular weight excluding hydrogens is 719 g/mol. The van der Waals surface area contributed by atoms with Crippen LogP contribution in [-0.4, -0.2) is 6.26 Å². The number of anilines is 3. The van der Waals surface area contributed by atoms with E-state index in [1.54, 1.807) is 11.8 Å². The van der Waals surface area contributed by atoms with Crippen LogP contribution in [0.2, 0.25) is 0 Å². The summed E-state index contributed by atoms with van der Waals surface area (Å²) in [6.07, 6.45) is 11.0. The van der Waals surface area contributed by atoms with Crippen LogP contribution in [0.3, 0.4) is 0 Å². The fourth-order valence-electron chi connectivity index (χ4n) is 9.22. The van der Waals surface area contributed by atoms with Crippen molar-refractivity contribution in [3.05, 3.63) is 246 Å². The summed E-state index contributed by atoms with van der Waals surface area (Å²) in [5.41, 5.74) is 18.2. The molecule has 10 rings (SSSR count). The first-order chi connectivity index (χ1) is 28.7. The number of benzene rings is 8. The van der Waals surface area contributed by atoms with E-state index in [1.165, 1.54) is 71.7 Å². The summed E-state index contributed by atoms with van der Waals surface area (Å²) in [6, 6.07) is 74.1. The van der Waals surface area contributed by atoms with Gasteiger partial charge in [0.1, 0.15) is 0 Å². The van der Waals surface area contributed by atoms with Crippen molar-refractivity contribution in [1.82, 2.24) is 0 Å². The van der Waals surface area contributed by atoms with Crippen LogP contribution in [0.5, 0.6) is 0 Å². The van der Waals surface area contributed by atoms with Crippen LogP contribution in [0.4, 0.5) is 17.1 Å². The summed E-state index contributed by atoms with van der Waals surface area (Å²) in [5.74, 6) is 0. The molecule has 0 spiro atoms. The first kappa shape index (κ1) is 35.8. The van der Waals surface area contributed by atoms with Crippen molar-refractivity contribution >= 4 is 34.4 Å². The fourth-order valence-corrected chi connectivity index (χ4v) is 9.84. The van der Waals surface area contributed by atoms with Gasteiger partial charge in [-0.05, 0) is 128 Å². The molecule has 0 amide bonds. The zero-order valence-electron chi connectivity index (χ0n) is 32.6. The van der Waals surface area contributed by atoms with Gasteiger partial charge in [-0.3, -0.25) is 0 Å². The van der Waals surface area contributed by atoms with Crippen LogP contribution in [0.1, 0.15) is 40.7 Å². The summed E-state index contributed by atoms with van der Waals surface area (Å²) >= 11 is 1.80. The number of thioether (sulfide) groups is 1. The molecule has 2 aliphatic rings. The minimum absolute atomic E-state index is 0.491. The minimum atomic E-state index is -0.491.